The first-order chi connectivity index (χ1) is 9.63. The molecule has 6 heteroatoms. The number of thioether (sulfide) groups is 1. The third-order valence-electron chi connectivity index (χ3n) is 2.44. The van der Waals surface area contributed by atoms with Gasteiger partial charge in [-0.3, -0.25) is 4.79 Å². The zero-order chi connectivity index (χ0) is 14.4. The van der Waals surface area contributed by atoms with Gasteiger partial charge in [0.25, 0.3) is 0 Å². The predicted molar refractivity (Wildman–Crippen MR) is 76.6 cm³/mol. The first-order valence-electron chi connectivity index (χ1n) is 6.04. The Hall–Kier alpha value is -2.08. The Balaban J connectivity index is 1.82. The monoisotopic (exact) mass is 290 g/mol. The van der Waals surface area contributed by atoms with Crippen LogP contribution in [-0.2, 0) is 16.1 Å². The zero-order valence-corrected chi connectivity index (χ0v) is 11.8. The summed E-state index contributed by atoms with van der Waals surface area (Å²) in [7, 11) is 0. The largest absolute Gasteiger partial charge is 0.460 e. The van der Waals surface area contributed by atoms with Crippen LogP contribution in [-0.4, -0.2) is 21.7 Å². The van der Waals surface area contributed by atoms with Crippen LogP contribution in [0.2, 0.25) is 0 Å². The molecule has 0 unspecified atom stereocenters. The van der Waals surface area contributed by atoms with Gasteiger partial charge in [-0.1, -0.05) is 42.1 Å². The molecule has 0 aliphatic rings. The molecule has 0 fully saturated rings. The number of carbonyl (C=O) groups is 1. The van der Waals surface area contributed by atoms with E-state index in [1.165, 1.54) is 11.8 Å². The van der Waals surface area contributed by atoms with Gasteiger partial charge in [-0.15, -0.1) is 0 Å². The molecule has 1 N–H and O–H groups in total. The summed E-state index contributed by atoms with van der Waals surface area (Å²) in [4.78, 5) is 29.1. The Bertz CT molecular complexity index is 640. The first-order valence-corrected chi connectivity index (χ1v) is 7.02. The molecule has 1 heterocycles. The molecule has 0 atom stereocenters. The number of esters is 1. The molecule has 0 aliphatic carbocycles. The number of hydrogen-bond donors (Lipinski definition) is 1. The summed E-state index contributed by atoms with van der Waals surface area (Å²) in [5.41, 5.74) is 1.24. The minimum Gasteiger partial charge on any atom is -0.460 e. The average Bonchev–Trinajstić information content (AvgIpc) is 2.43. The third-order valence-corrected chi connectivity index (χ3v) is 3.32. The van der Waals surface area contributed by atoms with E-state index in [0.717, 1.165) is 5.56 Å². The van der Waals surface area contributed by atoms with E-state index in [1.54, 1.807) is 13.0 Å². The molecule has 0 saturated heterocycles. The maximum absolute atomic E-state index is 11.6. The number of aromatic nitrogens is 2. The van der Waals surface area contributed by atoms with Crippen LogP contribution in [0.3, 0.4) is 0 Å². The van der Waals surface area contributed by atoms with Crippen LogP contribution in [0.5, 0.6) is 0 Å². The number of aromatic amines is 1. The Labute approximate surface area is 120 Å². The normalized spacial score (nSPS) is 10.2. The maximum Gasteiger partial charge on any atom is 0.346 e. The van der Waals surface area contributed by atoms with Gasteiger partial charge < -0.3 is 9.72 Å². The van der Waals surface area contributed by atoms with Crippen molar-refractivity contribution in [3.8, 4) is 0 Å². The van der Waals surface area contributed by atoms with E-state index < -0.39 is 5.69 Å². The SMILES string of the molecule is Cc1cc(SCC(=O)OCc2ccccc2)nc(=O)[nH]1. The predicted octanol–water partition coefficient (Wildman–Crippen LogP) is 1.91. The number of H-pyrrole nitrogens is 1. The highest BCUT2D eigenvalue weighted by molar-refractivity contribution is 7.99. The lowest BCUT2D eigenvalue weighted by Crippen LogP contribution is -2.13. The van der Waals surface area contributed by atoms with Gasteiger partial charge in [0.2, 0.25) is 0 Å². The Morgan fingerprint density at radius 1 is 1.35 bits per heavy atom. The lowest BCUT2D eigenvalue weighted by Gasteiger charge is -2.04. The van der Waals surface area contributed by atoms with Crippen molar-refractivity contribution in [2.24, 2.45) is 0 Å². The summed E-state index contributed by atoms with van der Waals surface area (Å²) in [5.74, 6) is -0.207. The number of nitrogens with zero attached hydrogens (tertiary/aromatic N) is 1. The second kappa shape index (κ2) is 6.91. The van der Waals surface area contributed by atoms with E-state index in [-0.39, 0.29) is 18.3 Å². The molecular formula is C14H14N2O3S. The molecule has 104 valence electrons. The van der Waals surface area contributed by atoms with Gasteiger partial charge in [-0.05, 0) is 18.6 Å². The molecule has 0 bridgehead atoms. The van der Waals surface area contributed by atoms with Crippen LogP contribution in [0.4, 0.5) is 0 Å². The van der Waals surface area contributed by atoms with E-state index in [9.17, 15) is 9.59 Å². The van der Waals surface area contributed by atoms with Crippen LogP contribution >= 0.6 is 11.8 Å². The number of hydrogen-bond acceptors (Lipinski definition) is 5. The number of nitrogens with one attached hydrogen (secondary N) is 1. The molecule has 1 aromatic heterocycles. The van der Waals surface area contributed by atoms with Crippen molar-refractivity contribution in [3.63, 3.8) is 0 Å². The summed E-state index contributed by atoms with van der Waals surface area (Å²) in [6.45, 7) is 2.02. The molecule has 2 aromatic rings. The number of ether oxygens (including phenoxy) is 1. The van der Waals surface area contributed by atoms with Gasteiger partial charge >= 0.3 is 11.7 Å². The molecule has 1 aromatic carbocycles. The van der Waals surface area contributed by atoms with Crippen molar-refractivity contribution >= 4 is 17.7 Å². The smallest absolute Gasteiger partial charge is 0.346 e. The highest BCUT2D eigenvalue weighted by Gasteiger charge is 2.06. The minimum absolute atomic E-state index is 0.128. The Morgan fingerprint density at radius 3 is 2.80 bits per heavy atom. The second-order valence-corrected chi connectivity index (χ2v) is 5.14. The van der Waals surface area contributed by atoms with E-state index in [0.29, 0.717) is 10.7 Å². The van der Waals surface area contributed by atoms with Crippen molar-refractivity contribution in [1.29, 1.82) is 0 Å². The van der Waals surface area contributed by atoms with E-state index in [4.69, 9.17) is 4.74 Å². The van der Waals surface area contributed by atoms with Gasteiger partial charge in [-0.25, -0.2) is 4.79 Å². The van der Waals surface area contributed by atoms with Crippen LogP contribution in [0.15, 0.2) is 46.2 Å². The van der Waals surface area contributed by atoms with Crippen molar-refractivity contribution in [1.82, 2.24) is 9.97 Å². The fraction of sp³-hybridized carbons (Fsp3) is 0.214. The Morgan fingerprint density at radius 2 is 2.10 bits per heavy atom. The van der Waals surface area contributed by atoms with Gasteiger partial charge in [0.05, 0.1) is 5.75 Å². The summed E-state index contributed by atoms with van der Waals surface area (Å²) in [6, 6.07) is 11.2. The molecule has 20 heavy (non-hydrogen) atoms. The van der Waals surface area contributed by atoms with Crippen LogP contribution < -0.4 is 5.69 Å². The minimum atomic E-state index is -0.412. The maximum atomic E-state index is 11.6. The fourth-order valence-corrected chi connectivity index (χ4v) is 2.29. The van der Waals surface area contributed by atoms with E-state index in [1.807, 2.05) is 30.3 Å². The average molecular weight is 290 g/mol. The molecule has 0 saturated carbocycles. The lowest BCUT2D eigenvalue weighted by atomic mass is 10.2. The van der Waals surface area contributed by atoms with E-state index in [2.05, 4.69) is 9.97 Å². The lowest BCUT2D eigenvalue weighted by molar-refractivity contribution is -0.141. The molecule has 2 rings (SSSR count). The number of benzene rings is 1. The third kappa shape index (κ3) is 4.55. The second-order valence-electron chi connectivity index (χ2n) is 4.14. The van der Waals surface area contributed by atoms with Crippen LogP contribution in [0, 0.1) is 6.92 Å². The number of carbonyl (C=O) groups excluding carboxylic acids is 1. The van der Waals surface area contributed by atoms with Gasteiger partial charge in [0, 0.05) is 5.69 Å². The molecule has 0 spiro atoms. The van der Waals surface area contributed by atoms with Gasteiger partial charge in [0.15, 0.2) is 0 Å². The molecule has 0 radical (unpaired) electrons. The fourth-order valence-electron chi connectivity index (χ4n) is 1.54. The first kappa shape index (κ1) is 14.3. The molecular weight excluding hydrogens is 276 g/mol. The highest BCUT2D eigenvalue weighted by atomic mass is 32.2. The van der Waals surface area contributed by atoms with Gasteiger partial charge in [-0.2, -0.15) is 4.98 Å². The van der Waals surface area contributed by atoms with Crippen molar-refractivity contribution in [2.75, 3.05) is 5.75 Å². The zero-order valence-electron chi connectivity index (χ0n) is 11.0. The summed E-state index contributed by atoms with van der Waals surface area (Å²) < 4.78 is 5.14. The topological polar surface area (TPSA) is 72.0 Å². The Kier molecular flexibility index (Phi) is 4.95. The number of aryl methyl sites for hydroxylation is 1. The number of rotatable bonds is 5. The summed E-state index contributed by atoms with van der Waals surface area (Å²) in [6.07, 6.45) is 0. The summed E-state index contributed by atoms with van der Waals surface area (Å²) >= 11 is 1.19. The van der Waals surface area contributed by atoms with Crippen molar-refractivity contribution in [2.45, 2.75) is 18.6 Å². The highest BCUT2D eigenvalue weighted by Crippen LogP contribution is 2.14. The standard InChI is InChI=1S/C14H14N2O3S/c1-10-7-12(16-14(18)15-10)20-9-13(17)19-8-11-5-3-2-4-6-11/h2-7H,8-9H2,1H3,(H,15,16,18). The van der Waals surface area contributed by atoms with Crippen LogP contribution in [0.1, 0.15) is 11.3 Å². The molecule has 0 aliphatic heterocycles. The van der Waals surface area contributed by atoms with Gasteiger partial charge in [0.1, 0.15) is 11.6 Å². The molecule has 5 nitrogen and oxygen atoms in total. The van der Waals surface area contributed by atoms with Crippen LogP contribution in [0.25, 0.3) is 0 Å². The quantitative estimate of drug-likeness (QED) is 0.517. The van der Waals surface area contributed by atoms with Crippen molar-refractivity contribution < 1.29 is 9.53 Å². The molecule has 0 amide bonds. The van der Waals surface area contributed by atoms with Crippen molar-refractivity contribution in [3.05, 3.63) is 58.1 Å². The summed E-state index contributed by atoms with van der Waals surface area (Å²) in [5, 5.41) is 0.517. The van der Waals surface area contributed by atoms with E-state index >= 15 is 0 Å².